The van der Waals surface area contributed by atoms with Gasteiger partial charge in [-0.25, -0.2) is 0 Å². The summed E-state index contributed by atoms with van der Waals surface area (Å²) in [5, 5.41) is 0. The number of nitrogens with zero attached hydrogens (tertiary/aromatic N) is 2. The molecule has 1 rings (SSSR count). The summed E-state index contributed by atoms with van der Waals surface area (Å²) in [6.07, 6.45) is 11.9. The molecule has 0 spiro atoms. The van der Waals surface area contributed by atoms with Crippen molar-refractivity contribution in [2.24, 2.45) is 16.8 Å². The summed E-state index contributed by atoms with van der Waals surface area (Å²) in [6.45, 7) is 11.7. The second kappa shape index (κ2) is 11.4. The average Bonchev–Trinajstić information content (AvgIpc) is 2.54. The Morgan fingerprint density at radius 1 is 1.26 bits per heavy atom. The van der Waals surface area contributed by atoms with Gasteiger partial charge in [0.1, 0.15) is 5.84 Å². The fraction of sp³-hybridized carbons (Fsp3) is 0.737. The zero-order valence-electron chi connectivity index (χ0n) is 15.6. The second-order valence-electron chi connectivity index (χ2n) is 6.64. The molecule has 0 radical (unpaired) electrons. The minimum absolute atomic E-state index is 0.494. The van der Waals surface area contributed by atoms with Crippen molar-refractivity contribution in [3.8, 4) is 0 Å². The Morgan fingerprint density at radius 2 is 1.96 bits per heavy atom. The van der Waals surface area contributed by atoms with Crippen LogP contribution >= 0.6 is 0 Å². The molecule has 1 fully saturated rings. The first-order valence-corrected chi connectivity index (χ1v) is 8.94. The number of piperidine rings is 1. The zero-order chi connectivity index (χ0) is 17.1. The predicted octanol–water partition coefficient (Wildman–Crippen LogP) is 3.81. The molecule has 1 aliphatic heterocycles. The summed E-state index contributed by atoms with van der Waals surface area (Å²) in [5.74, 6) is 2.07. The maximum Gasteiger partial charge on any atom is 0.123 e. The van der Waals surface area contributed by atoms with Crippen LogP contribution in [-0.2, 0) is 4.84 Å². The predicted molar refractivity (Wildman–Crippen MR) is 99.6 cm³/mol. The van der Waals surface area contributed by atoms with Crippen molar-refractivity contribution in [1.82, 2.24) is 10.4 Å². The minimum atomic E-state index is 0.494. The van der Waals surface area contributed by atoms with E-state index in [2.05, 4.69) is 67.4 Å². The fourth-order valence-electron chi connectivity index (χ4n) is 2.95. The highest BCUT2D eigenvalue weighted by Gasteiger charge is 2.24. The lowest BCUT2D eigenvalue weighted by Crippen LogP contribution is -2.43. The SMILES string of the molecule is C/C=C\C(C)C/C=C/CONC(=NC)C1CCN(C(C)C)CC1. The van der Waals surface area contributed by atoms with E-state index in [4.69, 9.17) is 4.84 Å². The maximum absolute atomic E-state index is 5.56. The van der Waals surface area contributed by atoms with Gasteiger partial charge in [-0.15, -0.1) is 0 Å². The van der Waals surface area contributed by atoms with Crippen LogP contribution in [0.15, 0.2) is 29.3 Å². The molecule has 1 saturated heterocycles. The summed E-state index contributed by atoms with van der Waals surface area (Å²) < 4.78 is 0. The first-order chi connectivity index (χ1) is 11.1. The molecule has 23 heavy (non-hydrogen) atoms. The Hall–Kier alpha value is -1.13. The topological polar surface area (TPSA) is 36.9 Å². The zero-order valence-corrected chi connectivity index (χ0v) is 15.6. The lowest BCUT2D eigenvalue weighted by atomic mass is 9.95. The fourth-order valence-corrected chi connectivity index (χ4v) is 2.95. The molecule has 1 N–H and O–H groups in total. The largest absolute Gasteiger partial charge is 0.301 e. The first-order valence-electron chi connectivity index (χ1n) is 8.94. The highest BCUT2D eigenvalue weighted by Crippen LogP contribution is 2.19. The molecular formula is C19H35N3O. The van der Waals surface area contributed by atoms with Crippen molar-refractivity contribution >= 4 is 5.84 Å². The van der Waals surface area contributed by atoms with Gasteiger partial charge in [0.25, 0.3) is 0 Å². The van der Waals surface area contributed by atoms with Gasteiger partial charge in [-0.2, -0.15) is 0 Å². The second-order valence-corrected chi connectivity index (χ2v) is 6.64. The highest BCUT2D eigenvalue weighted by atomic mass is 16.6. The summed E-state index contributed by atoms with van der Waals surface area (Å²) >= 11 is 0. The lowest BCUT2D eigenvalue weighted by molar-refractivity contribution is 0.0999. The molecule has 1 unspecified atom stereocenters. The van der Waals surface area contributed by atoms with Crippen LogP contribution in [0.2, 0.25) is 0 Å². The molecule has 0 aromatic carbocycles. The molecule has 0 aromatic rings. The number of amidine groups is 1. The van der Waals surface area contributed by atoms with Gasteiger partial charge in [0, 0.05) is 19.0 Å². The molecule has 0 aromatic heterocycles. The molecule has 0 saturated carbocycles. The number of allylic oxidation sites excluding steroid dienone is 3. The van der Waals surface area contributed by atoms with Gasteiger partial charge >= 0.3 is 0 Å². The van der Waals surface area contributed by atoms with E-state index in [1.165, 1.54) is 0 Å². The molecular weight excluding hydrogens is 286 g/mol. The van der Waals surface area contributed by atoms with Crippen LogP contribution in [0.4, 0.5) is 0 Å². The van der Waals surface area contributed by atoms with Crippen molar-refractivity contribution < 1.29 is 4.84 Å². The third-order valence-electron chi connectivity index (χ3n) is 4.44. The summed E-state index contributed by atoms with van der Waals surface area (Å²) in [6, 6.07) is 0.636. The number of aliphatic imine (C=N–C) groups is 1. The van der Waals surface area contributed by atoms with Crippen molar-refractivity contribution in [2.75, 3.05) is 26.7 Å². The van der Waals surface area contributed by atoms with Crippen LogP contribution in [0.25, 0.3) is 0 Å². The van der Waals surface area contributed by atoms with Gasteiger partial charge in [-0.3, -0.25) is 15.3 Å². The molecule has 1 heterocycles. The van der Waals surface area contributed by atoms with Gasteiger partial charge in [-0.05, 0) is 59.0 Å². The van der Waals surface area contributed by atoms with E-state index in [0.717, 1.165) is 38.2 Å². The maximum atomic E-state index is 5.56. The van der Waals surface area contributed by atoms with Crippen LogP contribution < -0.4 is 5.48 Å². The normalized spacial score (nSPS) is 20.0. The van der Waals surface area contributed by atoms with Crippen LogP contribution in [0.1, 0.15) is 47.0 Å². The highest BCUT2D eigenvalue weighted by molar-refractivity contribution is 5.83. The monoisotopic (exact) mass is 321 g/mol. The minimum Gasteiger partial charge on any atom is -0.301 e. The number of hydroxylamine groups is 1. The van der Waals surface area contributed by atoms with E-state index in [1.807, 2.05) is 7.05 Å². The number of hydrogen-bond acceptors (Lipinski definition) is 3. The molecule has 0 amide bonds. The van der Waals surface area contributed by atoms with E-state index >= 15 is 0 Å². The Morgan fingerprint density at radius 3 is 2.52 bits per heavy atom. The molecule has 132 valence electrons. The van der Waals surface area contributed by atoms with Crippen molar-refractivity contribution in [3.63, 3.8) is 0 Å². The van der Waals surface area contributed by atoms with Crippen molar-refractivity contribution in [3.05, 3.63) is 24.3 Å². The van der Waals surface area contributed by atoms with Crippen molar-refractivity contribution in [2.45, 2.75) is 53.0 Å². The van der Waals surface area contributed by atoms with Crippen LogP contribution in [0.5, 0.6) is 0 Å². The third kappa shape index (κ3) is 7.80. The molecule has 1 aliphatic rings. The summed E-state index contributed by atoms with van der Waals surface area (Å²) in [7, 11) is 1.84. The van der Waals surface area contributed by atoms with E-state index < -0.39 is 0 Å². The van der Waals surface area contributed by atoms with Gasteiger partial charge in [-0.1, -0.05) is 31.2 Å². The third-order valence-corrected chi connectivity index (χ3v) is 4.44. The van der Waals surface area contributed by atoms with E-state index in [0.29, 0.717) is 24.5 Å². The average molecular weight is 322 g/mol. The van der Waals surface area contributed by atoms with Gasteiger partial charge in [0.05, 0.1) is 6.61 Å². The smallest absolute Gasteiger partial charge is 0.123 e. The Bertz CT molecular complexity index is 393. The lowest BCUT2D eigenvalue weighted by Gasteiger charge is -2.34. The number of likely N-dealkylation sites (tertiary alicyclic amines) is 1. The van der Waals surface area contributed by atoms with Gasteiger partial charge in [0.2, 0.25) is 0 Å². The van der Waals surface area contributed by atoms with Crippen LogP contribution in [-0.4, -0.2) is 43.5 Å². The number of rotatable bonds is 8. The van der Waals surface area contributed by atoms with Gasteiger partial charge < -0.3 is 4.90 Å². The van der Waals surface area contributed by atoms with Gasteiger partial charge in [0.15, 0.2) is 0 Å². The van der Waals surface area contributed by atoms with E-state index in [-0.39, 0.29) is 0 Å². The standard InChI is InChI=1S/C19H35N3O/c1-6-9-17(4)10-7-8-15-23-21-19(20-5)18-11-13-22(14-12-18)16(2)3/h6-9,16-18H,10-15H2,1-5H3,(H,20,21)/b8-7+,9-6-. The summed E-state index contributed by atoms with van der Waals surface area (Å²) in [5.41, 5.74) is 3.06. The number of hydrogen-bond donors (Lipinski definition) is 1. The molecule has 0 bridgehead atoms. The van der Waals surface area contributed by atoms with E-state index in [1.54, 1.807) is 0 Å². The van der Waals surface area contributed by atoms with Crippen LogP contribution in [0, 0.1) is 11.8 Å². The molecule has 0 aliphatic carbocycles. The molecule has 4 heteroatoms. The quantitative estimate of drug-likeness (QED) is 0.243. The Kier molecular flexibility index (Phi) is 9.88. The number of nitrogens with one attached hydrogen (secondary N) is 1. The van der Waals surface area contributed by atoms with Crippen molar-refractivity contribution in [1.29, 1.82) is 0 Å². The molecule has 1 atom stereocenters. The Labute approximate surface area is 142 Å². The summed E-state index contributed by atoms with van der Waals surface area (Å²) in [4.78, 5) is 12.5. The van der Waals surface area contributed by atoms with Crippen LogP contribution in [0.3, 0.4) is 0 Å². The Balaban J connectivity index is 2.24. The van der Waals surface area contributed by atoms with E-state index in [9.17, 15) is 0 Å². The first kappa shape index (κ1) is 19.9. The molecule has 4 nitrogen and oxygen atoms in total.